The van der Waals surface area contributed by atoms with E-state index in [9.17, 15) is 8.42 Å². The highest BCUT2D eigenvalue weighted by atomic mass is 79.9. The molecular weight excluding hydrogens is 342 g/mol. The number of sulfonamides is 1. The van der Waals surface area contributed by atoms with Crippen molar-refractivity contribution in [1.82, 2.24) is 4.72 Å². The van der Waals surface area contributed by atoms with Crippen molar-refractivity contribution >= 4 is 26.0 Å². The molecule has 2 atom stereocenters. The first-order valence-electron chi connectivity index (χ1n) is 6.83. The molecule has 1 aliphatic rings. The van der Waals surface area contributed by atoms with Crippen molar-refractivity contribution in [3.05, 3.63) is 29.8 Å². The van der Waals surface area contributed by atoms with Crippen LogP contribution in [-0.4, -0.2) is 27.7 Å². The summed E-state index contributed by atoms with van der Waals surface area (Å²) in [7, 11) is -3.43. The number of rotatable bonds is 6. The maximum Gasteiger partial charge on any atom is 0.240 e. The van der Waals surface area contributed by atoms with Crippen LogP contribution in [0.4, 0.5) is 0 Å². The highest BCUT2D eigenvalue weighted by Crippen LogP contribution is 2.23. The smallest absolute Gasteiger partial charge is 0.240 e. The van der Waals surface area contributed by atoms with Crippen LogP contribution in [0.1, 0.15) is 25.3 Å². The Balaban J connectivity index is 1.99. The third-order valence-corrected chi connectivity index (χ3v) is 5.76. The standard InChI is InChI=1S/C14H20BrNO3S/c1-2-14-12(7-8-19-14)10-16-20(17,18)13-5-3-11(9-15)4-6-13/h3-6,12,14,16H,2,7-10H2,1H3. The molecule has 0 radical (unpaired) electrons. The van der Waals surface area contributed by atoms with Gasteiger partial charge in [-0.2, -0.15) is 0 Å². The van der Waals surface area contributed by atoms with Crippen molar-refractivity contribution in [3.63, 3.8) is 0 Å². The van der Waals surface area contributed by atoms with Gasteiger partial charge in [0.25, 0.3) is 0 Å². The quantitative estimate of drug-likeness (QED) is 0.792. The van der Waals surface area contributed by atoms with E-state index in [-0.39, 0.29) is 12.0 Å². The zero-order valence-corrected chi connectivity index (χ0v) is 13.9. The first-order valence-corrected chi connectivity index (χ1v) is 9.43. The number of benzene rings is 1. The Labute approximate surface area is 129 Å². The first-order chi connectivity index (χ1) is 9.56. The van der Waals surface area contributed by atoms with Gasteiger partial charge in [-0.3, -0.25) is 0 Å². The van der Waals surface area contributed by atoms with Gasteiger partial charge in [-0.1, -0.05) is 35.0 Å². The highest BCUT2D eigenvalue weighted by Gasteiger charge is 2.28. The molecule has 20 heavy (non-hydrogen) atoms. The van der Waals surface area contributed by atoms with Gasteiger partial charge < -0.3 is 4.74 Å². The number of nitrogens with one attached hydrogen (secondary N) is 1. The van der Waals surface area contributed by atoms with E-state index >= 15 is 0 Å². The zero-order chi connectivity index (χ0) is 14.6. The second-order valence-corrected chi connectivity index (χ2v) is 7.32. The van der Waals surface area contributed by atoms with Crippen LogP contribution in [0.15, 0.2) is 29.2 Å². The number of ether oxygens (including phenoxy) is 1. The molecule has 1 aromatic rings. The Morgan fingerprint density at radius 1 is 1.35 bits per heavy atom. The van der Waals surface area contributed by atoms with Crippen molar-refractivity contribution in [2.45, 2.75) is 36.1 Å². The summed E-state index contributed by atoms with van der Waals surface area (Å²) in [6.07, 6.45) is 2.02. The molecule has 0 aromatic heterocycles. The van der Waals surface area contributed by atoms with Crippen LogP contribution in [0.2, 0.25) is 0 Å². The minimum absolute atomic E-state index is 0.175. The molecule has 2 rings (SSSR count). The van der Waals surface area contributed by atoms with E-state index in [1.807, 2.05) is 12.1 Å². The van der Waals surface area contributed by atoms with Crippen molar-refractivity contribution in [2.75, 3.05) is 13.2 Å². The van der Waals surface area contributed by atoms with Gasteiger partial charge in [0, 0.05) is 24.4 Å². The fraction of sp³-hybridized carbons (Fsp3) is 0.571. The summed E-state index contributed by atoms with van der Waals surface area (Å²) in [5.41, 5.74) is 1.05. The SMILES string of the molecule is CCC1OCCC1CNS(=O)(=O)c1ccc(CBr)cc1. The summed E-state index contributed by atoms with van der Waals surface area (Å²) >= 11 is 3.34. The van der Waals surface area contributed by atoms with Gasteiger partial charge in [0.05, 0.1) is 11.0 Å². The van der Waals surface area contributed by atoms with E-state index in [1.165, 1.54) is 0 Å². The van der Waals surface area contributed by atoms with Crippen LogP contribution in [-0.2, 0) is 20.1 Å². The summed E-state index contributed by atoms with van der Waals surface area (Å²) in [5, 5.41) is 0.721. The fourth-order valence-electron chi connectivity index (χ4n) is 2.44. The van der Waals surface area contributed by atoms with E-state index in [2.05, 4.69) is 27.6 Å². The summed E-state index contributed by atoms with van der Waals surface area (Å²) in [6, 6.07) is 6.91. The molecule has 1 N–H and O–H groups in total. The van der Waals surface area contributed by atoms with Gasteiger partial charge >= 0.3 is 0 Å². The summed E-state index contributed by atoms with van der Waals surface area (Å²) in [6.45, 7) is 3.24. The van der Waals surface area contributed by atoms with Crippen LogP contribution in [0.5, 0.6) is 0 Å². The largest absolute Gasteiger partial charge is 0.378 e. The Morgan fingerprint density at radius 2 is 2.05 bits per heavy atom. The molecular formula is C14H20BrNO3S. The molecule has 1 fully saturated rings. The lowest BCUT2D eigenvalue weighted by atomic mass is 10.0. The third kappa shape index (κ3) is 3.81. The van der Waals surface area contributed by atoms with Gasteiger partial charge in [0.2, 0.25) is 10.0 Å². The summed E-state index contributed by atoms with van der Waals surface area (Å²) in [5.74, 6) is 0.275. The molecule has 0 aliphatic carbocycles. The lowest BCUT2D eigenvalue weighted by molar-refractivity contribution is 0.0884. The van der Waals surface area contributed by atoms with Gasteiger partial charge in [0.15, 0.2) is 0 Å². The molecule has 4 nitrogen and oxygen atoms in total. The number of alkyl halides is 1. The second-order valence-electron chi connectivity index (χ2n) is 5.00. The van der Waals surface area contributed by atoms with Gasteiger partial charge in [0.1, 0.15) is 0 Å². The van der Waals surface area contributed by atoms with Gasteiger partial charge in [-0.25, -0.2) is 13.1 Å². The van der Waals surface area contributed by atoms with Crippen molar-refractivity contribution in [2.24, 2.45) is 5.92 Å². The predicted octanol–water partition coefficient (Wildman–Crippen LogP) is 2.67. The maximum absolute atomic E-state index is 12.2. The number of hydrogen-bond donors (Lipinski definition) is 1. The Kier molecular flexibility index (Phi) is 5.60. The molecule has 1 heterocycles. The summed E-state index contributed by atoms with van der Waals surface area (Å²) < 4.78 is 32.7. The van der Waals surface area contributed by atoms with Crippen LogP contribution < -0.4 is 4.72 Å². The average Bonchev–Trinajstić information content (AvgIpc) is 2.93. The second kappa shape index (κ2) is 7.02. The van der Waals surface area contributed by atoms with E-state index in [1.54, 1.807) is 12.1 Å². The maximum atomic E-state index is 12.2. The van der Waals surface area contributed by atoms with E-state index < -0.39 is 10.0 Å². The number of hydrogen-bond acceptors (Lipinski definition) is 3. The van der Waals surface area contributed by atoms with Gasteiger partial charge in [-0.05, 0) is 30.5 Å². The van der Waals surface area contributed by atoms with Crippen molar-refractivity contribution < 1.29 is 13.2 Å². The molecule has 0 spiro atoms. The minimum atomic E-state index is -3.43. The normalized spacial score (nSPS) is 23.1. The topological polar surface area (TPSA) is 55.4 Å². The molecule has 1 saturated heterocycles. The van der Waals surface area contributed by atoms with Crippen LogP contribution in [0.3, 0.4) is 0 Å². The molecule has 1 aliphatic heterocycles. The molecule has 1 aromatic carbocycles. The zero-order valence-electron chi connectivity index (χ0n) is 11.5. The predicted molar refractivity (Wildman–Crippen MR) is 82.4 cm³/mol. The van der Waals surface area contributed by atoms with Crippen LogP contribution in [0.25, 0.3) is 0 Å². The monoisotopic (exact) mass is 361 g/mol. The van der Waals surface area contributed by atoms with E-state index in [4.69, 9.17) is 4.74 Å². The third-order valence-electron chi connectivity index (χ3n) is 3.67. The minimum Gasteiger partial charge on any atom is -0.378 e. The fourth-order valence-corrected chi connectivity index (χ4v) is 3.90. The highest BCUT2D eigenvalue weighted by molar-refractivity contribution is 9.08. The lowest BCUT2D eigenvalue weighted by Gasteiger charge is -2.17. The molecule has 0 saturated carbocycles. The molecule has 112 valence electrons. The Hall–Kier alpha value is -0.430. The number of halogens is 1. The van der Waals surface area contributed by atoms with Crippen molar-refractivity contribution in [1.29, 1.82) is 0 Å². The Morgan fingerprint density at radius 3 is 2.65 bits per heavy atom. The van der Waals surface area contributed by atoms with Crippen LogP contribution in [0, 0.1) is 5.92 Å². The Bertz CT molecular complexity index is 530. The van der Waals surface area contributed by atoms with E-state index in [0.717, 1.165) is 30.3 Å². The van der Waals surface area contributed by atoms with Gasteiger partial charge in [-0.15, -0.1) is 0 Å². The van der Waals surface area contributed by atoms with Crippen LogP contribution >= 0.6 is 15.9 Å². The average molecular weight is 362 g/mol. The lowest BCUT2D eigenvalue weighted by Crippen LogP contribution is -2.32. The van der Waals surface area contributed by atoms with E-state index in [0.29, 0.717) is 11.4 Å². The molecule has 6 heteroatoms. The first kappa shape index (κ1) is 15.9. The molecule has 2 unspecified atom stereocenters. The van der Waals surface area contributed by atoms with Crippen molar-refractivity contribution in [3.8, 4) is 0 Å². The molecule has 0 bridgehead atoms. The molecule has 0 amide bonds. The summed E-state index contributed by atoms with van der Waals surface area (Å²) in [4.78, 5) is 0.314.